The second kappa shape index (κ2) is 4.02. The van der Waals surface area contributed by atoms with Crippen LogP contribution in [-0.4, -0.2) is 20.6 Å². The maximum absolute atomic E-state index is 4.42. The molecule has 4 heteroatoms. The normalized spacial score (nSPS) is 17.3. The molecule has 1 unspecified atom stereocenters. The molecule has 90 valence electrons. The molecule has 2 heterocycles. The Kier molecular flexibility index (Phi) is 2.50. The SMILES string of the molecule is Cc1cc2c(NC(C)CC3CC3)nccn2n1. The van der Waals surface area contributed by atoms with Crippen molar-refractivity contribution in [1.82, 2.24) is 14.6 Å². The average Bonchev–Trinajstić information content (AvgIpc) is 2.98. The molecule has 1 aliphatic carbocycles. The number of anilines is 1. The van der Waals surface area contributed by atoms with Crippen LogP contribution in [0, 0.1) is 12.8 Å². The van der Waals surface area contributed by atoms with E-state index in [1.807, 2.05) is 17.6 Å². The summed E-state index contributed by atoms with van der Waals surface area (Å²) >= 11 is 0. The van der Waals surface area contributed by atoms with Crippen LogP contribution in [0.15, 0.2) is 18.5 Å². The highest BCUT2D eigenvalue weighted by molar-refractivity contribution is 5.67. The molecule has 4 nitrogen and oxygen atoms in total. The standard InChI is InChI=1S/C13H18N4/c1-9(7-11-3-4-11)15-13-12-8-10(2)16-17(12)6-5-14-13/h5-6,8-9,11H,3-4,7H2,1-2H3,(H,14,15). The van der Waals surface area contributed by atoms with Gasteiger partial charge in [-0.25, -0.2) is 9.50 Å². The van der Waals surface area contributed by atoms with E-state index in [1.165, 1.54) is 19.3 Å². The fourth-order valence-electron chi connectivity index (χ4n) is 2.30. The summed E-state index contributed by atoms with van der Waals surface area (Å²) in [5.41, 5.74) is 2.09. The van der Waals surface area contributed by atoms with Crippen LogP contribution in [0.25, 0.3) is 5.52 Å². The fourth-order valence-corrected chi connectivity index (χ4v) is 2.30. The van der Waals surface area contributed by atoms with E-state index in [9.17, 15) is 0 Å². The highest BCUT2D eigenvalue weighted by Crippen LogP contribution is 2.34. The van der Waals surface area contributed by atoms with E-state index < -0.39 is 0 Å². The largest absolute Gasteiger partial charge is 0.366 e. The van der Waals surface area contributed by atoms with Gasteiger partial charge in [0.1, 0.15) is 5.52 Å². The summed E-state index contributed by atoms with van der Waals surface area (Å²) in [5, 5.41) is 7.89. The first-order valence-corrected chi connectivity index (χ1v) is 6.30. The number of fused-ring (bicyclic) bond motifs is 1. The van der Waals surface area contributed by atoms with E-state index in [4.69, 9.17) is 0 Å². The third-order valence-electron chi connectivity index (χ3n) is 3.28. The molecule has 0 radical (unpaired) electrons. The molecule has 1 fully saturated rings. The van der Waals surface area contributed by atoms with E-state index in [0.717, 1.165) is 22.9 Å². The molecule has 1 aliphatic rings. The Morgan fingerprint density at radius 2 is 2.35 bits per heavy atom. The van der Waals surface area contributed by atoms with Crippen molar-refractivity contribution in [1.29, 1.82) is 0 Å². The second-order valence-electron chi connectivity index (χ2n) is 5.12. The van der Waals surface area contributed by atoms with Crippen LogP contribution < -0.4 is 5.32 Å². The van der Waals surface area contributed by atoms with Crippen molar-refractivity contribution < 1.29 is 0 Å². The van der Waals surface area contributed by atoms with Crippen LogP contribution in [0.4, 0.5) is 5.82 Å². The molecule has 0 aliphatic heterocycles. The van der Waals surface area contributed by atoms with Crippen LogP contribution in [-0.2, 0) is 0 Å². The zero-order valence-electron chi connectivity index (χ0n) is 10.3. The number of aryl methyl sites for hydroxylation is 1. The van der Waals surface area contributed by atoms with Crippen molar-refractivity contribution >= 4 is 11.3 Å². The minimum absolute atomic E-state index is 0.483. The molecule has 0 aromatic carbocycles. The molecule has 0 amide bonds. The van der Waals surface area contributed by atoms with E-state index in [0.29, 0.717) is 6.04 Å². The lowest BCUT2D eigenvalue weighted by atomic mass is 10.1. The molecule has 1 saturated carbocycles. The Morgan fingerprint density at radius 3 is 3.12 bits per heavy atom. The Morgan fingerprint density at radius 1 is 1.53 bits per heavy atom. The number of rotatable bonds is 4. The number of hydrogen-bond donors (Lipinski definition) is 1. The molecule has 1 atom stereocenters. The Hall–Kier alpha value is -1.58. The topological polar surface area (TPSA) is 42.2 Å². The van der Waals surface area contributed by atoms with Gasteiger partial charge in [0.05, 0.1) is 5.69 Å². The van der Waals surface area contributed by atoms with E-state index >= 15 is 0 Å². The van der Waals surface area contributed by atoms with Gasteiger partial charge in [0.2, 0.25) is 0 Å². The summed E-state index contributed by atoms with van der Waals surface area (Å²) < 4.78 is 1.88. The molecular weight excluding hydrogens is 212 g/mol. The van der Waals surface area contributed by atoms with Crippen LogP contribution in [0.2, 0.25) is 0 Å². The molecule has 17 heavy (non-hydrogen) atoms. The summed E-state index contributed by atoms with van der Waals surface area (Å²) in [6, 6.07) is 2.55. The number of nitrogens with zero attached hydrogens (tertiary/aromatic N) is 3. The van der Waals surface area contributed by atoms with E-state index in [-0.39, 0.29) is 0 Å². The van der Waals surface area contributed by atoms with Crippen LogP contribution >= 0.6 is 0 Å². The monoisotopic (exact) mass is 230 g/mol. The van der Waals surface area contributed by atoms with Crippen molar-refractivity contribution in [2.24, 2.45) is 5.92 Å². The van der Waals surface area contributed by atoms with Crippen molar-refractivity contribution in [3.8, 4) is 0 Å². The third-order valence-corrected chi connectivity index (χ3v) is 3.28. The molecule has 0 spiro atoms. The highest BCUT2D eigenvalue weighted by atomic mass is 15.2. The molecular formula is C13H18N4. The maximum Gasteiger partial charge on any atom is 0.152 e. The second-order valence-corrected chi connectivity index (χ2v) is 5.12. The van der Waals surface area contributed by atoms with Crippen molar-refractivity contribution in [2.75, 3.05) is 5.32 Å². The molecule has 2 aromatic rings. The van der Waals surface area contributed by atoms with Crippen molar-refractivity contribution in [2.45, 2.75) is 39.2 Å². The minimum atomic E-state index is 0.483. The lowest BCUT2D eigenvalue weighted by Crippen LogP contribution is -2.17. The predicted molar refractivity (Wildman–Crippen MR) is 68.1 cm³/mol. The number of hydrogen-bond acceptors (Lipinski definition) is 3. The van der Waals surface area contributed by atoms with Crippen molar-refractivity contribution in [3.63, 3.8) is 0 Å². The first-order valence-electron chi connectivity index (χ1n) is 6.30. The quantitative estimate of drug-likeness (QED) is 0.878. The van der Waals surface area contributed by atoms with Gasteiger partial charge in [-0.1, -0.05) is 12.8 Å². The Bertz CT molecular complexity index is 527. The van der Waals surface area contributed by atoms with Gasteiger partial charge >= 0.3 is 0 Å². The summed E-state index contributed by atoms with van der Waals surface area (Å²) in [5.74, 6) is 1.88. The lowest BCUT2D eigenvalue weighted by Gasteiger charge is -2.14. The van der Waals surface area contributed by atoms with Gasteiger partial charge in [-0.2, -0.15) is 5.10 Å². The number of aromatic nitrogens is 3. The van der Waals surface area contributed by atoms with E-state index in [2.05, 4.69) is 28.4 Å². The predicted octanol–water partition coefficient (Wildman–Crippen LogP) is 2.64. The third kappa shape index (κ3) is 2.25. The van der Waals surface area contributed by atoms with Crippen LogP contribution in [0.1, 0.15) is 31.9 Å². The molecule has 0 bridgehead atoms. The Balaban J connectivity index is 1.83. The molecule has 3 rings (SSSR count). The van der Waals surface area contributed by atoms with Gasteiger partial charge in [-0.3, -0.25) is 0 Å². The first kappa shape index (κ1) is 10.6. The lowest BCUT2D eigenvalue weighted by molar-refractivity contribution is 0.640. The van der Waals surface area contributed by atoms with Gasteiger partial charge in [0.15, 0.2) is 5.82 Å². The van der Waals surface area contributed by atoms with Crippen LogP contribution in [0.5, 0.6) is 0 Å². The first-order chi connectivity index (χ1) is 8.22. The van der Waals surface area contributed by atoms with Gasteiger partial charge < -0.3 is 5.32 Å². The summed E-state index contributed by atoms with van der Waals surface area (Å²) in [7, 11) is 0. The minimum Gasteiger partial charge on any atom is -0.366 e. The Labute approximate surface area is 101 Å². The number of nitrogens with one attached hydrogen (secondary N) is 1. The summed E-state index contributed by atoms with van der Waals surface area (Å²) in [4.78, 5) is 4.42. The zero-order valence-corrected chi connectivity index (χ0v) is 10.3. The van der Waals surface area contributed by atoms with Gasteiger partial charge in [-0.05, 0) is 32.3 Å². The fraction of sp³-hybridized carbons (Fsp3) is 0.538. The zero-order chi connectivity index (χ0) is 11.8. The van der Waals surface area contributed by atoms with Crippen LogP contribution in [0.3, 0.4) is 0 Å². The van der Waals surface area contributed by atoms with Gasteiger partial charge in [-0.15, -0.1) is 0 Å². The molecule has 0 saturated heterocycles. The summed E-state index contributed by atoms with van der Waals surface area (Å²) in [6.07, 6.45) is 7.73. The smallest absolute Gasteiger partial charge is 0.152 e. The van der Waals surface area contributed by atoms with E-state index in [1.54, 1.807) is 6.20 Å². The summed E-state index contributed by atoms with van der Waals surface area (Å²) in [6.45, 7) is 4.23. The van der Waals surface area contributed by atoms with Crippen molar-refractivity contribution in [3.05, 3.63) is 24.2 Å². The molecule has 2 aromatic heterocycles. The highest BCUT2D eigenvalue weighted by Gasteiger charge is 2.23. The van der Waals surface area contributed by atoms with Gasteiger partial charge in [0.25, 0.3) is 0 Å². The maximum atomic E-state index is 4.42. The molecule has 1 N–H and O–H groups in total. The average molecular weight is 230 g/mol. The van der Waals surface area contributed by atoms with Gasteiger partial charge in [0, 0.05) is 18.4 Å².